The Bertz CT molecular complexity index is 546. The van der Waals surface area contributed by atoms with Crippen molar-refractivity contribution in [1.29, 1.82) is 0 Å². The maximum atomic E-state index is 5.83. The molecule has 3 nitrogen and oxygen atoms in total. The van der Waals surface area contributed by atoms with E-state index in [2.05, 4.69) is 22.0 Å². The molecule has 0 aliphatic carbocycles. The number of rotatable bonds is 8. The number of ether oxygens (including phenoxy) is 2. The summed E-state index contributed by atoms with van der Waals surface area (Å²) in [5, 5.41) is 0. The van der Waals surface area contributed by atoms with E-state index >= 15 is 0 Å². The first-order chi connectivity index (χ1) is 10.3. The highest BCUT2D eigenvalue weighted by molar-refractivity contribution is 9.10. The van der Waals surface area contributed by atoms with Gasteiger partial charge in [-0.15, -0.1) is 0 Å². The van der Waals surface area contributed by atoms with Gasteiger partial charge >= 0.3 is 0 Å². The zero-order chi connectivity index (χ0) is 14.9. The van der Waals surface area contributed by atoms with Gasteiger partial charge in [0.25, 0.3) is 0 Å². The van der Waals surface area contributed by atoms with Crippen molar-refractivity contribution in [1.82, 2.24) is 0 Å². The molecule has 4 heteroatoms. The average Bonchev–Trinajstić information content (AvgIpc) is 2.50. The fourth-order valence-electron chi connectivity index (χ4n) is 1.99. The molecule has 0 aliphatic rings. The predicted octanol–water partition coefficient (Wildman–Crippen LogP) is 3.80. The summed E-state index contributed by atoms with van der Waals surface area (Å²) in [4.78, 5) is 0. The van der Waals surface area contributed by atoms with Gasteiger partial charge in [-0.05, 0) is 48.9 Å². The molecule has 2 rings (SSSR count). The van der Waals surface area contributed by atoms with Crippen LogP contribution in [0.2, 0.25) is 0 Å². The molecule has 0 atom stereocenters. The molecule has 0 saturated heterocycles. The van der Waals surface area contributed by atoms with Gasteiger partial charge in [0, 0.05) is 10.9 Å². The van der Waals surface area contributed by atoms with Gasteiger partial charge in [-0.3, -0.25) is 0 Å². The number of benzene rings is 2. The number of halogens is 1. The molecule has 2 aromatic carbocycles. The van der Waals surface area contributed by atoms with Crippen LogP contribution < -0.4 is 15.2 Å². The number of hydrogen-bond acceptors (Lipinski definition) is 3. The lowest BCUT2D eigenvalue weighted by atomic mass is 10.1. The number of nitrogens with two attached hydrogens (primary N) is 1. The largest absolute Gasteiger partial charge is 0.493 e. The van der Waals surface area contributed by atoms with Crippen molar-refractivity contribution in [2.24, 2.45) is 5.73 Å². The van der Waals surface area contributed by atoms with E-state index in [4.69, 9.17) is 15.2 Å². The Morgan fingerprint density at radius 1 is 0.952 bits per heavy atom. The molecule has 0 spiro atoms. The summed E-state index contributed by atoms with van der Waals surface area (Å²) < 4.78 is 12.5. The van der Waals surface area contributed by atoms with Gasteiger partial charge in [0.15, 0.2) is 0 Å². The molecule has 0 radical (unpaired) electrons. The highest BCUT2D eigenvalue weighted by Crippen LogP contribution is 2.23. The number of hydrogen-bond donors (Lipinski definition) is 1. The Morgan fingerprint density at radius 2 is 1.71 bits per heavy atom. The maximum Gasteiger partial charge on any atom is 0.122 e. The lowest BCUT2D eigenvalue weighted by Gasteiger charge is -2.12. The van der Waals surface area contributed by atoms with Crippen LogP contribution in [-0.4, -0.2) is 19.8 Å². The molecular formula is C17H20BrNO2. The van der Waals surface area contributed by atoms with Gasteiger partial charge in [0.2, 0.25) is 0 Å². The minimum Gasteiger partial charge on any atom is -0.493 e. The first-order valence-corrected chi connectivity index (χ1v) is 7.88. The third-order valence-corrected chi connectivity index (χ3v) is 3.49. The second kappa shape index (κ2) is 8.70. The maximum absolute atomic E-state index is 5.83. The van der Waals surface area contributed by atoms with Gasteiger partial charge in [0.1, 0.15) is 11.5 Å². The molecule has 0 saturated carbocycles. The van der Waals surface area contributed by atoms with Crippen LogP contribution in [0.1, 0.15) is 12.0 Å². The van der Waals surface area contributed by atoms with Gasteiger partial charge in [-0.2, -0.15) is 0 Å². The highest BCUT2D eigenvalue weighted by Gasteiger charge is 2.04. The minimum atomic E-state index is 0.615. The normalized spacial score (nSPS) is 10.4. The summed E-state index contributed by atoms with van der Waals surface area (Å²) in [6.45, 7) is 1.89. The first-order valence-electron chi connectivity index (χ1n) is 7.09. The van der Waals surface area contributed by atoms with Gasteiger partial charge in [-0.25, -0.2) is 0 Å². The molecule has 0 aromatic heterocycles. The van der Waals surface area contributed by atoms with E-state index in [0.717, 1.165) is 34.4 Å². The molecule has 0 amide bonds. The molecule has 0 heterocycles. The van der Waals surface area contributed by atoms with Crippen molar-refractivity contribution >= 4 is 15.9 Å². The average molecular weight is 350 g/mol. The van der Waals surface area contributed by atoms with E-state index < -0.39 is 0 Å². The Morgan fingerprint density at radius 3 is 2.48 bits per heavy atom. The van der Waals surface area contributed by atoms with Crippen molar-refractivity contribution in [3.05, 3.63) is 58.6 Å². The summed E-state index contributed by atoms with van der Waals surface area (Å²) in [6, 6.07) is 15.8. The third kappa shape index (κ3) is 5.40. The second-order valence-corrected chi connectivity index (χ2v) is 5.57. The van der Waals surface area contributed by atoms with Crippen LogP contribution in [0.3, 0.4) is 0 Å². The predicted molar refractivity (Wildman–Crippen MR) is 88.9 cm³/mol. The van der Waals surface area contributed by atoms with Crippen molar-refractivity contribution in [3.63, 3.8) is 0 Å². The highest BCUT2D eigenvalue weighted by atomic mass is 79.9. The van der Waals surface area contributed by atoms with Crippen molar-refractivity contribution in [2.75, 3.05) is 19.8 Å². The Kier molecular flexibility index (Phi) is 6.57. The molecule has 0 bridgehead atoms. The fraction of sp³-hybridized carbons (Fsp3) is 0.294. The van der Waals surface area contributed by atoms with E-state index in [1.54, 1.807) is 0 Å². The van der Waals surface area contributed by atoms with Gasteiger partial charge in [-0.1, -0.05) is 34.1 Å². The third-order valence-electron chi connectivity index (χ3n) is 2.99. The van der Waals surface area contributed by atoms with Gasteiger partial charge < -0.3 is 15.2 Å². The molecule has 0 unspecified atom stereocenters. The van der Waals surface area contributed by atoms with E-state index in [1.165, 1.54) is 0 Å². The lowest BCUT2D eigenvalue weighted by Crippen LogP contribution is -2.08. The van der Waals surface area contributed by atoms with Crippen LogP contribution in [0.5, 0.6) is 11.5 Å². The monoisotopic (exact) mass is 349 g/mol. The first kappa shape index (κ1) is 15.9. The SMILES string of the molecule is NCCc1cc(Br)ccc1OCCCOc1ccccc1. The van der Waals surface area contributed by atoms with Crippen LogP contribution in [0.25, 0.3) is 0 Å². The summed E-state index contributed by atoms with van der Waals surface area (Å²) in [6.07, 6.45) is 1.66. The topological polar surface area (TPSA) is 44.5 Å². The van der Waals surface area contributed by atoms with Crippen LogP contribution in [-0.2, 0) is 6.42 Å². The summed E-state index contributed by atoms with van der Waals surface area (Å²) in [7, 11) is 0. The zero-order valence-corrected chi connectivity index (χ0v) is 13.5. The Balaban J connectivity index is 1.75. The standard InChI is InChI=1S/C17H20BrNO2/c18-15-7-8-17(14(13-15)9-10-19)21-12-4-11-20-16-5-2-1-3-6-16/h1-3,5-8,13H,4,9-12,19H2. The van der Waals surface area contributed by atoms with E-state index in [-0.39, 0.29) is 0 Å². The smallest absolute Gasteiger partial charge is 0.122 e. The van der Waals surface area contributed by atoms with E-state index in [0.29, 0.717) is 19.8 Å². The lowest BCUT2D eigenvalue weighted by molar-refractivity contribution is 0.246. The Labute approximate surface area is 134 Å². The van der Waals surface area contributed by atoms with Crippen LogP contribution in [0.15, 0.2) is 53.0 Å². The Hall–Kier alpha value is -1.52. The molecule has 0 aliphatic heterocycles. The molecule has 2 N–H and O–H groups in total. The molecule has 0 fully saturated rings. The summed E-state index contributed by atoms with van der Waals surface area (Å²) in [5.41, 5.74) is 6.76. The molecule has 21 heavy (non-hydrogen) atoms. The second-order valence-electron chi connectivity index (χ2n) is 4.65. The molecule has 2 aromatic rings. The molecule has 112 valence electrons. The van der Waals surface area contributed by atoms with Crippen LogP contribution in [0.4, 0.5) is 0 Å². The molecular weight excluding hydrogens is 330 g/mol. The fourth-order valence-corrected chi connectivity index (χ4v) is 2.40. The van der Waals surface area contributed by atoms with E-state index in [1.807, 2.05) is 42.5 Å². The van der Waals surface area contributed by atoms with E-state index in [9.17, 15) is 0 Å². The van der Waals surface area contributed by atoms with Crippen LogP contribution in [0, 0.1) is 0 Å². The van der Waals surface area contributed by atoms with Crippen molar-refractivity contribution in [2.45, 2.75) is 12.8 Å². The van der Waals surface area contributed by atoms with Crippen molar-refractivity contribution < 1.29 is 9.47 Å². The van der Waals surface area contributed by atoms with Crippen LogP contribution >= 0.6 is 15.9 Å². The van der Waals surface area contributed by atoms with Crippen molar-refractivity contribution in [3.8, 4) is 11.5 Å². The quantitative estimate of drug-likeness (QED) is 0.737. The zero-order valence-electron chi connectivity index (χ0n) is 11.9. The summed E-state index contributed by atoms with van der Waals surface area (Å²) >= 11 is 3.47. The minimum absolute atomic E-state index is 0.615. The number of para-hydroxylation sites is 1. The summed E-state index contributed by atoms with van der Waals surface area (Å²) in [5.74, 6) is 1.80. The van der Waals surface area contributed by atoms with Gasteiger partial charge in [0.05, 0.1) is 13.2 Å².